The number of pyridine rings is 1. The lowest BCUT2D eigenvalue weighted by molar-refractivity contribution is 0.582. The van der Waals surface area contributed by atoms with Gasteiger partial charge in [0.25, 0.3) is 0 Å². The lowest BCUT2D eigenvalue weighted by Crippen LogP contribution is -1.90. The van der Waals surface area contributed by atoms with E-state index in [0.717, 1.165) is 6.20 Å². The lowest BCUT2D eigenvalue weighted by Gasteiger charge is -1.92. The highest BCUT2D eigenvalue weighted by Crippen LogP contribution is 2.15. The van der Waals surface area contributed by atoms with Crippen molar-refractivity contribution in [2.24, 2.45) is 0 Å². The largest absolute Gasteiger partial charge is 0.397 e. The zero-order valence-electron chi connectivity index (χ0n) is 4.36. The Morgan fingerprint density at radius 1 is 1.78 bits per heavy atom. The van der Waals surface area contributed by atoms with Gasteiger partial charge >= 0.3 is 0 Å². The number of anilines is 1. The third-order valence-electron chi connectivity index (χ3n) is 0.786. The molecule has 0 saturated heterocycles. The first-order chi connectivity index (χ1) is 4.20. The Kier molecular flexibility index (Phi) is 1.53. The van der Waals surface area contributed by atoms with Crippen LogP contribution < -0.4 is 5.73 Å². The van der Waals surface area contributed by atoms with Crippen LogP contribution in [-0.4, -0.2) is 4.98 Å². The van der Waals surface area contributed by atoms with Gasteiger partial charge in [-0.1, -0.05) is 11.6 Å². The van der Waals surface area contributed by atoms with E-state index >= 15 is 0 Å². The summed E-state index contributed by atoms with van der Waals surface area (Å²) in [5.41, 5.74) is 5.24. The maximum absolute atomic E-state index is 12.0. The van der Waals surface area contributed by atoms with Gasteiger partial charge in [0.05, 0.1) is 23.0 Å². The van der Waals surface area contributed by atoms with Gasteiger partial charge in [-0.05, 0) is 0 Å². The Bertz CT molecular complexity index is 226. The molecule has 4 heteroatoms. The summed E-state index contributed by atoms with van der Waals surface area (Å²) in [7, 11) is 0. The minimum Gasteiger partial charge on any atom is -0.397 e. The smallest absolute Gasteiger partial charge is 0.223 e. The van der Waals surface area contributed by atoms with Crippen LogP contribution in [0.5, 0.6) is 0 Å². The summed E-state index contributed by atoms with van der Waals surface area (Å²) >= 11 is 5.40. The molecule has 0 spiro atoms. The summed E-state index contributed by atoms with van der Waals surface area (Å²) < 4.78 is 12.0. The van der Waals surface area contributed by atoms with Crippen LogP contribution in [0.25, 0.3) is 0 Å². The fraction of sp³-hybridized carbons (Fsp3) is 0. The highest BCUT2D eigenvalue weighted by atomic mass is 35.5. The normalized spacial score (nSPS) is 9.56. The van der Waals surface area contributed by atoms with Gasteiger partial charge in [0, 0.05) is 0 Å². The molecular formula is C5H3ClFN2. The van der Waals surface area contributed by atoms with Crippen molar-refractivity contribution in [3.63, 3.8) is 0 Å². The second-order valence-corrected chi connectivity index (χ2v) is 1.84. The van der Waals surface area contributed by atoms with Crippen molar-refractivity contribution in [3.8, 4) is 0 Å². The third kappa shape index (κ3) is 1.29. The molecule has 2 nitrogen and oxygen atoms in total. The van der Waals surface area contributed by atoms with E-state index < -0.39 is 5.95 Å². The van der Waals surface area contributed by atoms with Crippen molar-refractivity contribution in [3.05, 3.63) is 23.2 Å². The fourth-order valence-electron chi connectivity index (χ4n) is 0.386. The molecule has 0 aliphatic heterocycles. The van der Waals surface area contributed by atoms with Crippen LogP contribution >= 0.6 is 11.6 Å². The molecule has 0 saturated carbocycles. The highest BCUT2D eigenvalue weighted by molar-refractivity contribution is 6.32. The first kappa shape index (κ1) is 6.29. The van der Waals surface area contributed by atoms with Crippen molar-refractivity contribution in [2.45, 2.75) is 0 Å². The molecule has 1 rings (SSSR count). The molecule has 0 aromatic carbocycles. The topological polar surface area (TPSA) is 38.9 Å². The van der Waals surface area contributed by atoms with Crippen LogP contribution in [0.3, 0.4) is 0 Å². The van der Waals surface area contributed by atoms with Crippen LogP contribution in [0.15, 0.2) is 6.20 Å². The Morgan fingerprint density at radius 2 is 2.44 bits per heavy atom. The number of aromatic nitrogens is 1. The third-order valence-corrected chi connectivity index (χ3v) is 1.09. The summed E-state index contributed by atoms with van der Waals surface area (Å²) in [5, 5.41) is 0.219. The summed E-state index contributed by atoms with van der Waals surface area (Å²) in [6.45, 7) is 0. The quantitative estimate of drug-likeness (QED) is 0.558. The highest BCUT2D eigenvalue weighted by Gasteiger charge is 1.97. The SMILES string of the molecule is Nc1[c]c(F)ncc1Cl. The summed E-state index contributed by atoms with van der Waals surface area (Å²) in [6.07, 6.45) is 1.14. The van der Waals surface area contributed by atoms with Crippen LogP contribution in [0.2, 0.25) is 5.02 Å². The standard InChI is InChI=1S/C5H3ClFN2/c6-3-2-9-5(7)1-4(3)8/h2H,(H2,8,9). The Morgan fingerprint density at radius 3 is 2.89 bits per heavy atom. The fourth-order valence-corrected chi connectivity index (χ4v) is 0.482. The van der Waals surface area contributed by atoms with E-state index in [1.165, 1.54) is 0 Å². The van der Waals surface area contributed by atoms with Crippen molar-refractivity contribution in [2.75, 3.05) is 5.73 Å². The molecule has 0 bridgehead atoms. The number of rotatable bonds is 0. The molecule has 0 aliphatic carbocycles. The van der Waals surface area contributed by atoms with Crippen molar-refractivity contribution < 1.29 is 4.39 Å². The molecule has 0 fully saturated rings. The minimum atomic E-state index is -0.739. The molecular weight excluding hydrogens is 143 g/mol. The zero-order chi connectivity index (χ0) is 6.85. The average Bonchev–Trinajstić information content (AvgIpc) is 1.80. The number of nitrogens with zero attached hydrogens (tertiary/aromatic N) is 1. The Hall–Kier alpha value is -0.830. The minimum absolute atomic E-state index is 0.0872. The van der Waals surface area contributed by atoms with Crippen molar-refractivity contribution in [1.82, 2.24) is 4.98 Å². The summed E-state index contributed by atoms with van der Waals surface area (Å²) in [5.74, 6) is -0.739. The predicted octanol–water partition coefficient (Wildman–Crippen LogP) is 1.26. The van der Waals surface area contributed by atoms with Gasteiger partial charge in [-0.25, -0.2) is 4.98 Å². The Labute approximate surface area is 56.5 Å². The zero-order valence-corrected chi connectivity index (χ0v) is 5.11. The molecule has 1 aromatic rings. The van der Waals surface area contributed by atoms with E-state index in [9.17, 15) is 4.39 Å². The molecule has 1 heterocycles. The van der Waals surface area contributed by atoms with Crippen LogP contribution in [-0.2, 0) is 0 Å². The monoisotopic (exact) mass is 145 g/mol. The van der Waals surface area contributed by atoms with Gasteiger partial charge < -0.3 is 5.73 Å². The van der Waals surface area contributed by atoms with E-state index in [0.29, 0.717) is 0 Å². The van der Waals surface area contributed by atoms with Crippen LogP contribution in [0, 0.1) is 12.0 Å². The molecule has 0 unspecified atom stereocenters. The number of hydrogen-bond donors (Lipinski definition) is 1. The van der Waals surface area contributed by atoms with Gasteiger partial charge in [0.15, 0.2) is 0 Å². The molecule has 9 heavy (non-hydrogen) atoms. The molecule has 0 aliphatic rings. The first-order valence-corrected chi connectivity index (χ1v) is 2.57. The molecule has 1 radical (unpaired) electrons. The van der Waals surface area contributed by atoms with Gasteiger partial charge in [-0.2, -0.15) is 4.39 Å². The van der Waals surface area contributed by atoms with E-state index in [4.69, 9.17) is 17.3 Å². The van der Waals surface area contributed by atoms with E-state index in [1.807, 2.05) is 0 Å². The molecule has 0 atom stereocenters. The van der Waals surface area contributed by atoms with Crippen LogP contribution in [0.4, 0.5) is 10.1 Å². The second kappa shape index (κ2) is 2.19. The van der Waals surface area contributed by atoms with Crippen LogP contribution in [0.1, 0.15) is 0 Å². The molecule has 2 N–H and O–H groups in total. The number of hydrogen-bond acceptors (Lipinski definition) is 2. The first-order valence-electron chi connectivity index (χ1n) is 2.19. The number of nitrogens with two attached hydrogens (primary N) is 1. The van der Waals surface area contributed by atoms with Crippen molar-refractivity contribution in [1.29, 1.82) is 0 Å². The molecule has 47 valence electrons. The maximum atomic E-state index is 12.0. The summed E-state index contributed by atoms with van der Waals surface area (Å²) in [4.78, 5) is 3.21. The van der Waals surface area contributed by atoms with Gasteiger partial charge in [0.1, 0.15) is 0 Å². The predicted molar refractivity (Wildman–Crippen MR) is 32.5 cm³/mol. The molecule has 0 amide bonds. The Balaban J connectivity index is 3.17. The van der Waals surface area contributed by atoms with E-state index in [2.05, 4.69) is 11.1 Å². The van der Waals surface area contributed by atoms with E-state index in [1.54, 1.807) is 0 Å². The van der Waals surface area contributed by atoms with Gasteiger partial charge in [0.2, 0.25) is 5.95 Å². The maximum Gasteiger partial charge on any atom is 0.223 e. The second-order valence-electron chi connectivity index (χ2n) is 1.44. The lowest BCUT2D eigenvalue weighted by atomic mass is 10.4. The molecule has 1 aromatic heterocycles. The van der Waals surface area contributed by atoms with Crippen molar-refractivity contribution >= 4 is 17.3 Å². The van der Waals surface area contributed by atoms with Gasteiger partial charge in [-0.15, -0.1) is 0 Å². The number of halogens is 2. The number of nitrogen functional groups attached to an aromatic ring is 1. The summed E-state index contributed by atoms with van der Waals surface area (Å²) in [6, 6.07) is 2.11. The van der Waals surface area contributed by atoms with Gasteiger partial charge in [-0.3, -0.25) is 0 Å². The van der Waals surface area contributed by atoms with E-state index in [-0.39, 0.29) is 10.7 Å². The average molecular weight is 146 g/mol.